The maximum atomic E-state index is 14.1. The van der Waals surface area contributed by atoms with Gasteiger partial charge in [0.2, 0.25) is 0 Å². The first kappa shape index (κ1) is 31.5. The Bertz CT molecular complexity index is 2570. The highest BCUT2D eigenvalue weighted by molar-refractivity contribution is 6.10. The van der Waals surface area contributed by atoms with Crippen LogP contribution in [0.1, 0.15) is 45.5 Å². The first-order chi connectivity index (χ1) is 23.8. The molecule has 2 aromatic heterocycles. The predicted octanol–water partition coefficient (Wildman–Crippen LogP) is 11.9. The van der Waals surface area contributed by atoms with E-state index < -0.39 is 23.5 Å². The Morgan fingerprint density at radius 3 is 1.90 bits per heavy atom. The van der Waals surface area contributed by atoms with Crippen molar-refractivity contribution in [3.05, 3.63) is 136 Å². The van der Waals surface area contributed by atoms with Gasteiger partial charge in [0.1, 0.15) is 0 Å². The molecule has 8 rings (SSSR count). The summed E-state index contributed by atoms with van der Waals surface area (Å²) in [4.78, 5) is 0. The van der Waals surface area contributed by atoms with Gasteiger partial charge in [0.15, 0.2) is 0 Å². The lowest BCUT2D eigenvalue weighted by molar-refractivity contribution is -0.143. The predicted molar refractivity (Wildman–Crippen MR) is 185 cm³/mol. The van der Waals surface area contributed by atoms with Crippen LogP contribution in [0.3, 0.4) is 0 Å². The second-order valence-electron chi connectivity index (χ2n) is 12.8. The highest BCUT2D eigenvalue weighted by atomic mass is 19.4. The SMILES string of the molecule is Cc1ccc2c3c(n(-c4cc(C#N)c(-c5cc(C(F)(F)F)cc(C(F)(F)F)c5)cc4-n4c5ccccc5c5ccc(C)cc54)c2c1)CCC=C3. The van der Waals surface area contributed by atoms with Crippen LogP contribution in [0.25, 0.3) is 61.3 Å². The Hall–Kier alpha value is -5.75. The summed E-state index contributed by atoms with van der Waals surface area (Å²) in [6, 6.07) is 26.7. The Balaban J connectivity index is 1.56. The molecule has 0 aliphatic heterocycles. The number of benzene rings is 5. The van der Waals surface area contributed by atoms with Gasteiger partial charge in [-0.25, -0.2) is 0 Å². The standard InChI is InChI=1S/C41H27F6N3/c1-23-11-13-31-29-7-3-5-9-34(29)49(36(31)15-23)38-19-26(22-48)33(25-17-27(40(42,43)44)20-28(18-25)41(45,46)47)21-39(38)50-35-10-6-4-8-30(35)32-14-12-24(2)16-37(32)50/h3-4,6-8,10-21H,5,9H2,1-2H3. The molecule has 0 fully saturated rings. The molecular weight excluding hydrogens is 648 g/mol. The number of aryl methyl sites for hydroxylation is 2. The van der Waals surface area contributed by atoms with Gasteiger partial charge in [-0.1, -0.05) is 54.6 Å². The van der Waals surface area contributed by atoms with Gasteiger partial charge in [0, 0.05) is 33.0 Å². The molecule has 0 atom stereocenters. The third-order valence-corrected chi connectivity index (χ3v) is 9.54. The summed E-state index contributed by atoms with van der Waals surface area (Å²) in [6.45, 7) is 3.94. The van der Waals surface area contributed by atoms with E-state index in [0.717, 1.165) is 61.5 Å². The summed E-state index contributed by atoms with van der Waals surface area (Å²) in [7, 11) is 0. The largest absolute Gasteiger partial charge is 0.416 e. The summed E-state index contributed by atoms with van der Waals surface area (Å²) in [5.74, 6) is 0. The highest BCUT2D eigenvalue weighted by Gasteiger charge is 2.37. The number of para-hydroxylation sites is 1. The molecule has 1 aliphatic rings. The number of allylic oxidation sites excluding steroid dienone is 1. The minimum atomic E-state index is -5.05. The van der Waals surface area contributed by atoms with Gasteiger partial charge in [-0.05, 0) is 91.9 Å². The smallest absolute Gasteiger partial charge is 0.311 e. The van der Waals surface area contributed by atoms with Gasteiger partial charge in [0.05, 0.1) is 50.7 Å². The van der Waals surface area contributed by atoms with E-state index in [0.29, 0.717) is 29.9 Å². The number of aromatic nitrogens is 2. The quantitative estimate of drug-likeness (QED) is 0.172. The van der Waals surface area contributed by atoms with Crippen molar-refractivity contribution in [2.24, 2.45) is 0 Å². The van der Waals surface area contributed by atoms with E-state index in [4.69, 9.17) is 0 Å². The fourth-order valence-electron chi connectivity index (χ4n) is 7.32. The zero-order chi connectivity index (χ0) is 35.1. The summed E-state index contributed by atoms with van der Waals surface area (Å²) in [5, 5.41) is 13.4. The molecule has 0 N–H and O–H groups in total. The van der Waals surface area contributed by atoms with Crippen molar-refractivity contribution in [3.8, 4) is 28.6 Å². The molecule has 248 valence electrons. The zero-order valence-electron chi connectivity index (χ0n) is 26.8. The normalized spacial score (nSPS) is 13.3. The van der Waals surface area contributed by atoms with E-state index in [1.54, 1.807) is 12.1 Å². The van der Waals surface area contributed by atoms with E-state index in [1.807, 2.05) is 66.9 Å². The van der Waals surface area contributed by atoms with Crippen LogP contribution in [-0.4, -0.2) is 9.13 Å². The minimum absolute atomic E-state index is 0.0390. The Kier molecular flexibility index (Phi) is 7.02. The van der Waals surface area contributed by atoms with Gasteiger partial charge in [-0.2, -0.15) is 31.6 Å². The van der Waals surface area contributed by atoms with Crippen molar-refractivity contribution in [2.75, 3.05) is 0 Å². The second-order valence-corrected chi connectivity index (χ2v) is 12.8. The monoisotopic (exact) mass is 675 g/mol. The van der Waals surface area contributed by atoms with E-state index in [2.05, 4.69) is 34.9 Å². The van der Waals surface area contributed by atoms with Crippen LogP contribution < -0.4 is 0 Å². The third kappa shape index (κ3) is 4.97. The lowest BCUT2D eigenvalue weighted by Gasteiger charge is -2.22. The molecule has 3 nitrogen and oxygen atoms in total. The highest BCUT2D eigenvalue weighted by Crippen LogP contribution is 2.44. The number of rotatable bonds is 3. The van der Waals surface area contributed by atoms with Crippen molar-refractivity contribution < 1.29 is 26.3 Å². The van der Waals surface area contributed by atoms with Gasteiger partial charge in [0.25, 0.3) is 0 Å². The number of nitriles is 1. The molecule has 0 saturated carbocycles. The molecule has 5 aromatic carbocycles. The number of nitrogens with zero attached hydrogens (tertiary/aromatic N) is 3. The van der Waals surface area contributed by atoms with Crippen molar-refractivity contribution in [1.82, 2.24) is 9.13 Å². The van der Waals surface area contributed by atoms with E-state index in [-0.39, 0.29) is 22.8 Å². The fraction of sp³-hybridized carbons (Fsp3) is 0.146. The summed E-state index contributed by atoms with van der Waals surface area (Å²) < 4.78 is 88.5. The second kappa shape index (κ2) is 11.1. The average Bonchev–Trinajstić information content (AvgIpc) is 3.58. The molecular formula is C41H27F6N3. The van der Waals surface area contributed by atoms with Crippen LogP contribution in [-0.2, 0) is 18.8 Å². The lowest BCUT2D eigenvalue weighted by atomic mass is 9.94. The molecule has 0 spiro atoms. The third-order valence-electron chi connectivity index (χ3n) is 9.54. The Morgan fingerprint density at radius 1 is 0.640 bits per heavy atom. The summed E-state index contributed by atoms with van der Waals surface area (Å²) in [6.07, 6.45) is -4.44. The zero-order valence-corrected chi connectivity index (χ0v) is 26.8. The van der Waals surface area contributed by atoms with Crippen molar-refractivity contribution in [1.29, 1.82) is 5.26 Å². The van der Waals surface area contributed by atoms with Crippen LogP contribution in [0.4, 0.5) is 26.3 Å². The van der Waals surface area contributed by atoms with Crippen LogP contribution in [0.5, 0.6) is 0 Å². The van der Waals surface area contributed by atoms with Gasteiger partial charge in [-0.15, -0.1) is 0 Å². The number of alkyl halides is 6. The summed E-state index contributed by atoms with van der Waals surface area (Å²) >= 11 is 0. The van der Waals surface area contributed by atoms with Crippen molar-refractivity contribution in [2.45, 2.75) is 39.0 Å². The van der Waals surface area contributed by atoms with E-state index in [9.17, 15) is 31.6 Å². The maximum Gasteiger partial charge on any atom is 0.416 e. The lowest BCUT2D eigenvalue weighted by Crippen LogP contribution is -2.12. The molecule has 2 heterocycles. The Morgan fingerprint density at radius 2 is 1.24 bits per heavy atom. The maximum absolute atomic E-state index is 14.1. The number of hydrogen-bond donors (Lipinski definition) is 0. The van der Waals surface area contributed by atoms with Gasteiger partial charge in [-0.3, -0.25) is 0 Å². The van der Waals surface area contributed by atoms with E-state index in [1.165, 1.54) is 0 Å². The summed E-state index contributed by atoms with van der Waals surface area (Å²) in [5.41, 5.74) is 4.26. The fourth-order valence-corrected chi connectivity index (χ4v) is 7.32. The van der Waals surface area contributed by atoms with Crippen molar-refractivity contribution >= 4 is 38.8 Å². The molecule has 7 aromatic rings. The first-order valence-corrected chi connectivity index (χ1v) is 16.0. The molecule has 0 bridgehead atoms. The van der Waals surface area contributed by atoms with Crippen LogP contribution in [0, 0.1) is 25.2 Å². The molecule has 0 unspecified atom stereocenters. The molecule has 9 heteroatoms. The molecule has 0 radical (unpaired) electrons. The van der Waals surface area contributed by atoms with E-state index >= 15 is 0 Å². The Labute approximate surface area is 282 Å². The van der Waals surface area contributed by atoms with Crippen molar-refractivity contribution in [3.63, 3.8) is 0 Å². The molecule has 50 heavy (non-hydrogen) atoms. The van der Waals surface area contributed by atoms with Crippen LogP contribution in [0.2, 0.25) is 0 Å². The van der Waals surface area contributed by atoms with Gasteiger partial charge >= 0.3 is 12.4 Å². The van der Waals surface area contributed by atoms with Crippen LogP contribution >= 0.6 is 0 Å². The number of fused-ring (bicyclic) bond motifs is 6. The molecule has 0 saturated heterocycles. The number of hydrogen-bond acceptors (Lipinski definition) is 1. The number of halogens is 6. The molecule has 1 aliphatic carbocycles. The first-order valence-electron chi connectivity index (χ1n) is 16.0. The van der Waals surface area contributed by atoms with Gasteiger partial charge < -0.3 is 9.13 Å². The molecule has 0 amide bonds. The van der Waals surface area contributed by atoms with Crippen LogP contribution in [0.15, 0.2) is 97.1 Å². The average molecular weight is 676 g/mol. The topological polar surface area (TPSA) is 33.6 Å². The minimum Gasteiger partial charge on any atom is -0.311 e.